The van der Waals surface area contributed by atoms with E-state index in [9.17, 15) is 4.79 Å². The van der Waals surface area contributed by atoms with E-state index >= 15 is 0 Å². The molecule has 2 rings (SSSR count). The Balaban J connectivity index is 1.83. The fourth-order valence-electron chi connectivity index (χ4n) is 3.47. The van der Waals surface area contributed by atoms with Gasteiger partial charge in [0.15, 0.2) is 5.96 Å². The summed E-state index contributed by atoms with van der Waals surface area (Å²) in [6, 6.07) is 0.373. The molecule has 1 saturated heterocycles. The number of likely N-dealkylation sites (tertiary alicyclic amines) is 1. The first-order chi connectivity index (χ1) is 14.0. The van der Waals surface area contributed by atoms with Gasteiger partial charge >= 0.3 is 0 Å². The topological polar surface area (TPSA) is 86.6 Å². The number of nitrogens with zero attached hydrogens (tertiary/aromatic N) is 4. The number of guanidine groups is 1. The van der Waals surface area contributed by atoms with Gasteiger partial charge in [0.25, 0.3) is 0 Å². The lowest BCUT2D eigenvalue weighted by molar-refractivity contribution is -0.122. The molecule has 1 aromatic rings. The molecule has 1 aliphatic rings. The van der Waals surface area contributed by atoms with Gasteiger partial charge in [-0.15, -0.1) is 0 Å². The van der Waals surface area contributed by atoms with E-state index in [2.05, 4.69) is 58.1 Å². The third-order valence-electron chi connectivity index (χ3n) is 4.95. The lowest BCUT2D eigenvalue weighted by Crippen LogP contribution is -2.50. The second-order valence-corrected chi connectivity index (χ2v) is 8.13. The first kappa shape index (κ1) is 23.2. The molecule has 164 valence electrons. The number of piperidine rings is 1. The van der Waals surface area contributed by atoms with Crippen LogP contribution in [0, 0.1) is 5.92 Å². The van der Waals surface area contributed by atoms with Crippen molar-refractivity contribution in [2.45, 2.75) is 66.1 Å². The van der Waals surface area contributed by atoms with Gasteiger partial charge < -0.3 is 20.5 Å². The summed E-state index contributed by atoms with van der Waals surface area (Å²) in [5.41, 5.74) is 0. The molecule has 8 heteroatoms. The van der Waals surface area contributed by atoms with Crippen LogP contribution in [0.2, 0.25) is 0 Å². The molecule has 8 nitrogen and oxygen atoms in total. The fraction of sp³-hybridized carbons (Fsp3) is 0.762. The van der Waals surface area contributed by atoms with E-state index in [0.717, 1.165) is 63.8 Å². The van der Waals surface area contributed by atoms with Crippen LogP contribution in [0.25, 0.3) is 0 Å². The zero-order valence-corrected chi connectivity index (χ0v) is 18.6. The van der Waals surface area contributed by atoms with Crippen molar-refractivity contribution in [1.82, 2.24) is 30.4 Å². The Hall–Kier alpha value is -2.09. The highest BCUT2D eigenvalue weighted by atomic mass is 16.2. The highest BCUT2D eigenvalue weighted by Crippen LogP contribution is 2.10. The van der Waals surface area contributed by atoms with Gasteiger partial charge in [0.05, 0.1) is 6.54 Å². The van der Waals surface area contributed by atoms with Crippen LogP contribution in [0.15, 0.2) is 17.4 Å². The van der Waals surface area contributed by atoms with E-state index in [1.807, 2.05) is 12.4 Å². The minimum Gasteiger partial charge on any atom is -0.357 e. The average molecular weight is 406 g/mol. The number of nitrogens with one attached hydrogen (secondary N) is 3. The molecular formula is C21H39N7O. The lowest BCUT2D eigenvalue weighted by atomic mass is 10.1. The van der Waals surface area contributed by atoms with Gasteiger partial charge in [0.2, 0.25) is 5.91 Å². The van der Waals surface area contributed by atoms with Crippen molar-refractivity contribution in [3.05, 3.63) is 18.2 Å². The molecule has 0 aliphatic carbocycles. The number of aliphatic imine (C=N–C) groups is 1. The number of hydrogen-bond acceptors (Lipinski definition) is 4. The summed E-state index contributed by atoms with van der Waals surface area (Å²) in [5, 5.41) is 9.86. The average Bonchev–Trinajstić information content (AvgIpc) is 3.12. The molecule has 2 heterocycles. The second-order valence-electron chi connectivity index (χ2n) is 8.13. The van der Waals surface area contributed by atoms with Crippen LogP contribution in [0.1, 0.15) is 52.8 Å². The summed E-state index contributed by atoms with van der Waals surface area (Å²) < 4.78 is 2.18. The number of carbonyl (C=O) groups excluding carboxylic acids is 1. The summed E-state index contributed by atoms with van der Waals surface area (Å²) in [6.07, 6.45) is 6.86. The van der Waals surface area contributed by atoms with Crippen molar-refractivity contribution in [3.8, 4) is 0 Å². The Labute approximate surface area is 175 Å². The van der Waals surface area contributed by atoms with Crippen molar-refractivity contribution < 1.29 is 4.79 Å². The Morgan fingerprint density at radius 1 is 1.28 bits per heavy atom. The van der Waals surface area contributed by atoms with Crippen LogP contribution in [-0.2, 0) is 17.9 Å². The zero-order chi connectivity index (χ0) is 21.1. The molecule has 3 N–H and O–H groups in total. The maximum atomic E-state index is 11.9. The number of hydrogen-bond donors (Lipinski definition) is 3. The lowest BCUT2D eigenvalue weighted by Gasteiger charge is -2.32. The third-order valence-corrected chi connectivity index (χ3v) is 4.95. The van der Waals surface area contributed by atoms with Crippen LogP contribution in [-0.4, -0.2) is 65.1 Å². The van der Waals surface area contributed by atoms with Crippen LogP contribution < -0.4 is 16.0 Å². The fourth-order valence-corrected chi connectivity index (χ4v) is 3.47. The van der Waals surface area contributed by atoms with Gasteiger partial charge in [-0.25, -0.2) is 9.98 Å². The highest BCUT2D eigenvalue weighted by Gasteiger charge is 2.21. The molecule has 1 amide bonds. The highest BCUT2D eigenvalue weighted by molar-refractivity contribution is 5.80. The molecule has 0 spiro atoms. The maximum absolute atomic E-state index is 11.9. The van der Waals surface area contributed by atoms with E-state index in [-0.39, 0.29) is 5.91 Å². The minimum atomic E-state index is 0.130. The van der Waals surface area contributed by atoms with Crippen molar-refractivity contribution >= 4 is 11.9 Å². The van der Waals surface area contributed by atoms with Gasteiger partial charge in [0, 0.05) is 51.2 Å². The number of carbonyl (C=O) groups is 1. The number of imidazole rings is 1. The van der Waals surface area contributed by atoms with Gasteiger partial charge in [-0.3, -0.25) is 9.69 Å². The van der Waals surface area contributed by atoms with Gasteiger partial charge in [-0.2, -0.15) is 0 Å². The Kier molecular flexibility index (Phi) is 9.97. The molecule has 0 bridgehead atoms. The van der Waals surface area contributed by atoms with Crippen molar-refractivity contribution in [2.75, 3.05) is 32.7 Å². The van der Waals surface area contributed by atoms with Gasteiger partial charge in [-0.05, 0) is 32.1 Å². The molecule has 0 unspecified atom stereocenters. The Morgan fingerprint density at radius 3 is 2.69 bits per heavy atom. The molecule has 0 aromatic carbocycles. The molecule has 0 saturated carbocycles. The summed E-state index contributed by atoms with van der Waals surface area (Å²) in [7, 11) is 0. The SMILES string of the molecule is CCCNC(=O)CN1CCC(NC(=NCc2nccn2CC(C)C)NCC)CC1. The molecule has 1 aromatic heterocycles. The zero-order valence-electron chi connectivity index (χ0n) is 18.6. The standard InChI is InChI=1S/C21H39N7O/c1-5-9-24-20(29)16-27-11-7-18(8-12-27)26-21(22-6-2)25-14-19-23-10-13-28(19)15-17(3)4/h10,13,17-18H,5-9,11-12,14-16H2,1-4H3,(H,24,29)(H2,22,25,26). The van der Waals surface area contributed by atoms with Crippen LogP contribution in [0.4, 0.5) is 0 Å². The maximum Gasteiger partial charge on any atom is 0.234 e. The van der Waals surface area contributed by atoms with Crippen molar-refractivity contribution in [3.63, 3.8) is 0 Å². The van der Waals surface area contributed by atoms with E-state index in [4.69, 9.17) is 4.99 Å². The number of amides is 1. The molecule has 1 aliphatic heterocycles. The van der Waals surface area contributed by atoms with Crippen LogP contribution in [0.3, 0.4) is 0 Å². The Bertz CT molecular complexity index is 633. The summed E-state index contributed by atoms with van der Waals surface area (Å²) in [6.45, 7) is 14.0. The van der Waals surface area contributed by atoms with Crippen molar-refractivity contribution in [1.29, 1.82) is 0 Å². The third kappa shape index (κ3) is 8.43. The summed E-state index contributed by atoms with van der Waals surface area (Å²) >= 11 is 0. The normalized spacial score (nSPS) is 16.2. The number of rotatable bonds is 10. The van der Waals surface area contributed by atoms with E-state index in [1.165, 1.54) is 0 Å². The largest absolute Gasteiger partial charge is 0.357 e. The van der Waals surface area contributed by atoms with E-state index < -0.39 is 0 Å². The molecular weight excluding hydrogens is 366 g/mol. The predicted molar refractivity (Wildman–Crippen MR) is 118 cm³/mol. The Morgan fingerprint density at radius 2 is 2.03 bits per heavy atom. The van der Waals surface area contributed by atoms with E-state index in [1.54, 1.807) is 0 Å². The summed E-state index contributed by atoms with van der Waals surface area (Å²) in [5.74, 6) is 2.53. The molecule has 29 heavy (non-hydrogen) atoms. The van der Waals surface area contributed by atoms with Crippen LogP contribution >= 0.6 is 0 Å². The van der Waals surface area contributed by atoms with E-state index in [0.29, 0.717) is 25.0 Å². The van der Waals surface area contributed by atoms with Gasteiger partial charge in [0.1, 0.15) is 12.4 Å². The monoisotopic (exact) mass is 405 g/mol. The smallest absolute Gasteiger partial charge is 0.234 e. The van der Waals surface area contributed by atoms with Gasteiger partial charge in [-0.1, -0.05) is 20.8 Å². The molecule has 1 fully saturated rings. The molecule has 0 atom stereocenters. The predicted octanol–water partition coefficient (Wildman–Crippen LogP) is 1.58. The summed E-state index contributed by atoms with van der Waals surface area (Å²) in [4.78, 5) is 23.3. The minimum absolute atomic E-state index is 0.130. The van der Waals surface area contributed by atoms with Crippen molar-refractivity contribution in [2.24, 2.45) is 10.9 Å². The van der Waals surface area contributed by atoms with Crippen LogP contribution in [0.5, 0.6) is 0 Å². The quantitative estimate of drug-likeness (QED) is 0.406. The second kappa shape index (κ2) is 12.5. The first-order valence-electron chi connectivity index (χ1n) is 11.1. The first-order valence-corrected chi connectivity index (χ1v) is 11.1. The molecule has 0 radical (unpaired) electrons. The number of aromatic nitrogens is 2.